The number of rotatable bonds is 4. The van der Waals surface area contributed by atoms with Crippen molar-refractivity contribution in [3.05, 3.63) is 35.4 Å². The maximum Gasteiger partial charge on any atom is 0.103 e. The normalized spacial score (nSPS) is 22.0. The molecule has 0 atom stereocenters. The standard InChI is InChI=1S/C18H28N2/c1-3-11-19(12-4-1)15-17-7-9-18(10-8-17)16-20-13-5-2-6-14-20/h7-10H,1-6,11-16H2/p+2. The highest BCUT2D eigenvalue weighted by Crippen LogP contribution is 2.04. The van der Waals surface area contributed by atoms with Crippen molar-refractivity contribution < 1.29 is 9.80 Å². The van der Waals surface area contributed by atoms with Gasteiger partial charge in [-0.1, -0.05) is 24.3 Å². The van der Waals surface area contributed by atoms with Gasteiger partial charge in [0.25, 0.3) is 0 Å². The van der Waals surface area contributed by atoms with Crippen LogP contribution in [0, 0.1) is 0 Å². The number of benzene rings is 1. The third kappa shape index (κ3) is 4.07. The minimum absolute atomic E-state index is 1.23. The van der Waals surface area contributed by atoms with Crippen molar-refractivity contribution in [2.45, 2.75) is 51.6 Å². The number of hydrogen-bond acceptors (Lipinski definition) is 0. The Morgan fingerprint density at radius 2 is 0.900 bits per heavy atom. The fourth-order valence-electron chi connectivity index (χ4n) is 3.81. The molecule has 2 nitrogen and oxygen atoms in total. The molecule has 0 aromatic heterocycles. The quantitative estimate of drug-likeness (QED) is 0.805. The molecule has 0 spiro atoms. The highest BCUT2D eigenvalue weighted by Gasteiger charge is 2.15. The zero-order valence-corrected chi connectivity index (χ0v) is 12.8. The van der Waals surface area contributed by atoms with Gasteiger partial charge >= 0.3 is 0 Å². The van der Waals surface area contributed by atoms with E-state index in [-0.39, 0.29) is 0 Å². The third-order valence-corrected chi connectivity index (χ3v) is 5.05. The molecular weight excluding hydrogens is 244 g/mol. The van der Waals surface area contributed by atoms with Crippen LogP contribution in [0.3, 0.4) is 0 Å². The van der Waals surface area contributed by atoms with Crippen LogP contribution in [-0.2, 0) is 13.1 Å². The van der Waals surface area contributed by atoms with Gasteiger partial charge in [-0.05, 0) is 38.5 Å². The molecule has 2 fully saturated rings. The second-order valence-electron chi connectivity index (χ2n) is 6.79. The lowest BCUT2D eigenvalue weighted by Gasteiger charge is -2.24. The Morgan fingerprint density at radius 3 is 1.25 bits per heavy atom. The van der Waals surface area contributed by atoms with E-state index in [1.165, 1.54) is 88.9 Å². The van der Waals surface area contributed by atoms with Gasteiger partial charge in [0.15, 0.2) is 0 Å². The lowest BCUT2D eigenvalue weighted by molar-refractivity contribution is -0.918. The van der Waals surface area contributed by atoms with Crippen LogP contribution in [0.25, 0.3) is 0 Å². The fraction of sp³-hybridized carbons (Fsp3) is 0.667. The molecule has 3 rings (SSSR count). The highest BCUT2D eigenvalue weighted by atomic mass is 15.1. The molecule has 2 aliphatic heterocycles. The molecule has 0 saturated carbocycles. The average Bonchev–Trinajstić information content (AvgIpc) is 2.51. The molecule has 2 heterocycles. The summed E-state index contributed by atoms with van der Waals surface area (Å²) in [5.41, 5.74) is 3.05. The summed E-state index contributed by atoms with van der Waals surface area (Å²) in [5.74, 6) is 0. The number of piperidine rings is 2. The first-order valence-electron chi connectivity index (χ1n) is 8.65. The van der Waals surface area contributed by atoms with Gasteiger partial charge in [-0.2, -0.15) is 0 Å². The Kier molecular flexibility index (Phi) is 5.10. The predicted octanol–water partition coefficient (Wildman–Crippen LogP) is 0.824. The molecule has 2 aliphatic rings. The lowest BCUT2D eigenvalue weighted by atomic mass is 10.1. The van der Waals surface area contributed by atoms with Crippen molar-refractivity contribution in [3.8, 4) is 0 Å². The Bertz CT molecular complexity index is 347. The second kappa shape index (κ2) is 7.24. The Balaban J connectivity index is 1.51. The summed E-state index contributed by atoms with van der Waals surface area (Å²) in [7, 11) is 0. The minimum atomic E-state index is 1.23. The van der Waals surface area contributed by atoms with Crippen LogP contribution in [0.15, 0.2) is 24.3 Å². The number of quaternary nitrogens is 2. The first-order chi connectivity index (χ1) is 9.90. The molecule has 110 valence electrons. The third-order valence-electron chi connectivity index (χ3n) is 5.05. The molecule has 2 saturated heterocycles. The van der Waals surface area contributed by atoms with Crippen LogP contribution in [0.2, 0.25) is 0 Å². The van der Waals surface area contributed by atoms with E-state index in [2.05, 4.69) is 24.3 Å². The first-order valence-corrected chi connectivity index (χ1v) is 8.65. The second-order valence-corrected chi connectivity index (χ2v) is 6.79. The van der Waals surface area contributed by atoms with E-state index in [0.717, 1.165) is 0 Å². The van der Waals surface area contributed by atoms with Crippen LogP contribution in [0.4, 0.5) is 0 Å². The molecular formula is C18H30N2+2. The summed E-state index contributed by atoms with van der Waals surface area (Å²) >= 11 is 0. The van der Waals surface area contributed by atoms with Gasteiger partial charge < -0.3 is 9.80 Å². The van der Waals surface area contributed by atoms with Gasteiger partial charge in [-0.15, -0.1) is 0 Å². The van der Waals surface area contributed by atoms with Crippen molar-refractivity contribution in [1.29, 1.82) is 0 Å². The maximum absolute atomic E-state index is 2.38. The lowest BCUT2D eigenvalue weighted by Crippen LogP contribution is -3.11. The van der Waals surface area contributed by atoms with Crippen LogP contribution in [0.5, 0.6) is 0 Å². The highest BCUT2D eigenvalue weighted by molar-refractivity contribution is 5.21. The van der Waals surface area contributed by atoms with E-state index in [1.807, 2.05) is 0 Å². The Labute approximate surface area is 123 Å². The van der Waals surface area contributed by atoms with Crippen LogP contribution in [-0.4, -0.2) is 26.2 Å². The summed E-state index contributed by atoms with van der Waals surface area (Å²) in [6.45, 7) is 7.96. The molecule has 0 bridgehead atoms. The predicted molar refractivity (Wildman–Crippen MR) is 82.9 cm³/mol. The molecule has 0 aliphatic carbocycles. The summed E-state index contributed by atoms with van der Waals surface area (Å²) in [4.78, 5) is 3.57. The minimum Gasteiger partial charge on any atom is -0.331 e. The van der Waals surface area contributed by atoms with Crippen molar-refractivity contribution in [3.63, 3.8) is 0 Å². The molecule has 0 unspecified atom stereocenters. The summed E-state index contributed by atoms with van der Waals surface area (Å²) in [5, 5.41) is 0. The molecule has 0 amide bonds. The van der Waals surface area contributed by atoms with Crippen molar-refractivity contribution in [1.82, 2.24) is 0 Å². The summed E-state index contributed by atoms with van der Waals surface area (Å²) < 4.78 is 0. The van der Waals surface area contributed by atoms with E-state index in [0.29, 0.717) is 0 Å². The number of likely N-dealkylation sites (tertiary alicyclic amines) is 2. The fourth-order valence-corrected chi connectivity index (χ4v) is 3.81. The van der Waals surface area contributed by atoms with Gasteiger partial charge in [-0.3, -0.25) is 0 Å². The maximum atomic E-state index is 2.38. The van der Waals surface area contributed by atoms with Crippen LogP contribution >= 0.6 is 0 Å². The van der Waals surface area contributed by atoms with Gasteiger partial charge in [0.05, 0.1) is 26.2 Å². The van der Waals surface area contributed by atoms with Crippen molar-refractivity contribution in [2.75, 3.05) is 26.2 Å². The van der Waals surface area contributed by atoms with Crippen molar-refractivity contribution >= 4 is 0 Å². The molecule has 1 aromatic rings. The molecule has 2 heteroatoms. The van der Waals surface area contributed by atoms with E-state index in [1.54, 1.807) is 9.80 Å². The zero-order chi connectivity index (χ0) is 13.6. The topological polar surface area (TPSA) is 8.88 Å². The number of nitrogens with one attached hydrogen (secondary N) is 2. The monoisotopic (exact) mass is 274 g/mol. The van der Waals surface area contributed by atoms with Crippen LogP contribution in [0.1, 0.15) is 49.7 Å². The van der Waals surface area contributed by atoms with Gasteiger partial charge in [0.2, 0.25) is 0 Å². The van der Waals surface area contributed by atoms with Gasteiger partial charge in [0.1, 0.15) is 13.1 Å². The zero-order valence-electron chi connectivity index (χ0n) is 12.8. The Hall–Kier alpha value is -0.860. The Morgan fingerprint density at radius 1 is 0.550 bits per heavy atom. The summed E-state index contributed by atoms with van der Waals surface area (Å²) in [6.07, 6.45) is 8.58. The van der Waals surface area contributed by atoms with Crippen molar-refractivity contribution in [2.24, 2.45) is 0 Å². The van der Waals surface area contributed by atoms with E-state index < -0.39 is 0 Å². The molecule has 1 aromatic carbocycles. The number of hydrogen-bond donors (Lipinski definition) is 2. The molecule has 0 radical (unpaired) electrons. The first kappa shape index (κ1) is 14.1. The molecule has 20 heavy (non-hydrogen) atoms. The molecule has 2 N–H and O–H groups in total. The van der Waals surface area contributed by atoms with E-state index >= 15 is 0 Å². The van der Waals surface area contributed by atoms with Gasteiger partial charge in [-0.25, -0.2) is 0 Å². The smallest absolute Gasteiger partial charge is 0.103 e. The van der Waals surface area contributed by atoms with Gasteiger partial charge in [0, 0.05) is 11.1 Å². The van der Waals surface area contributed by atoms with E-state index in [4.69, 9.17) is 0 Å². The van der Waals surface area contributed by atoms with E-state index in [9.17, 15) is 0 Å². The average molecular weight is 274 g/mol. The largest absolute Gasteiger partial charge is 0.331 e. The van der Waals surface area contributed by atoms with Crippen LogP contribution < -0.4 is 9.80 Å². The SMILES string of the molecule is c1cc(C[NH+]2CCCCC2)ccc1C[NH+]1CCCCC1. The summed E-state index contributed by atoms with van der Waals surface area (Å²) in [6, 6.07) is 9.50.